The van der Waals surface area contributed by atoms with Gasteiger partial charge in [0, 0.05) is 5.92 Å². The maximum atomic E-state index is 11.9. The summed E-state index contributed by atoms with van der Waals surface area (Å²) in [7, 11) is 1.45. The van der Waals surface area contributed by atoms with Crippen LogP contribution in [-0.2, 0) is 14.3 Å². The van der Waals surface area contributed by atoms with Gasteiger partial charge in [0.1, 0.15) is 0 Å². The standard InChI is InChI=1S/C14H18O3/c1-10-5-3-4-6-12(10)13(14(15)16-2)7-11-8-17-9-11/h3-6,11,13H,7-9H2,1-2H3. The van der Waals surface area contributed by atoms with Crippen LogP contribution in [0.4, 0.5) is 0 Å². The third-order valence-electron chi connectivity index (χ3n) is 3.33. The van der Waals surface area contributed by atoms with E-state index >= 15 is 0 Å². The van der Waals surface area contributed by atoms with Gasteiger partial charge in [0.25, 0.3) is 0 Å². The zero-order valence-corrected chi connectivity index (χ0v) is 10.3. The lowest BCUT2D eigenvalue weighted by Gasteiger charge is -2.29. The van der Waals surface area contributed by atoms with Gasteiger partial charge in [-0.3, -0.25) is 4.79 Å². The van der Waals surface area contributed by atoms with Crippen LogP contribution >= 0.6 is 0 Å². The molecule has 1 fully saturated rings. The van der Waals surface area contributed by atoms with Crippen molar-refractivity contribution < 1.29 is 14.3 Å². The Kier molecular flexibility index (Phi) is 3.79. The Balaban J connectivity index is 2.19. The summed E-state index contributed by atoms with van der Waals surface area (Å²) < 4.78 is 10.1. The Morgan fingerprint density at radius 3 is 2.71 bits per heavy atom. The molecule has 92 valence electrons. The van der Waals surface area contributed by atoms with Crippen molar-refractivity contribution in [2.24, 2.45) is 5.92 Å². The summed E-state index contributed by atoms with van der Waals surface area (Å²) in [6.45, 7) is 3.56. The summed E-state index contributed by atoms with van der Waals surface area (Å²) in [5.41, 5.74) is 2.22. The van der Waals surface area contributed by atoms with Crippen molar-refractivity contribution in [3.05, 3.63) is 35.4 Å². The number of ether oxygens (including phenoxy) is 2. The monoisotopic (exact) mass is 234 g/mol. The molecule has 0 N–H and O–H groups in total. The van der Waals surface area contributed by atoms with Crippen LogP contribution in [0.1, 0.15) is 23.5 Å². The fourth-order valence-electron chi connectivity index (χ4n) is 2.22. The molecule has 1 aliphatic rings. The number of hydrogen-bond acceptors (Lipinski definition) is 3. The van der Waals surface area contributed by atoms with E-state index in [9.17, 15) is 4.79 Å². The van der Waals surface area contributed by atoms with Crippen molar-refractivity contribution in [2.75, 3.05) is 20.3 Å². The van der Waals surface area contributed by atoms with E-state index < -0.39 is 0 Å². The van der Waals surface area contributed by atoms with Crippen molar-refractivity contribution in [2.45, 2.75) is 19.3 Å². The summed E-state index contributed by atoms with van der Waals surface area (Å²) in [6.07, 6.45) is 0.817. The molecular weight excluding hydrogens is 216 g/mol. The molecule has 1 saturated heterocycles. The van der Waals surface area contributed by atoms with Gasteiger partial charge >= 0.3 is 5.97 Å². The molecule has 1 heterocycles. The number of hydrogen-bond donors (Lipinski definition) is 0. The molecular formula is C14H18O3. The van der Waals surface area contributed by atoms with Crippen LogP contribution in [-0.4, -0.2) is 26.3 Å². The van der Waals surface area contributed by atoms with Crippen molar-refractivity contribution in [1.29, 1.82) is 0 Å². The SMILES string of the molecule is COC(=O)C(CC1COC1)c1ccccc1C. The molecule has 1 unspecified atom stereocenters. The minimum Gasteiger partial charge on any atom is -0.469 e. The zero-order chi connectivity index (χ0) is 12.3. The first-order chi connectivity index (χ1) is 8.22. The van der Waals surface area contributed by atoms with Gasteiger partial charge in [0.2, 0.25) is 0 Å². The first-order valence-corrected chi connectivity index (χ1v) is 5.93. The third-order valence-corrected chi connectivity index (χ3v) is 3.33. The number of aryl methyl sites for hydroxylation is 1. The molecule has 1 aromatic rings. The average molecular weight is 234 g/mol. The van der Waals surface area contributed by atoms with Gasteiger partial charge in [-0.15, -0.1) is 0 Å². The van der Waals surface area contributed by atoms with Crippen molar-refractivity contribution in [3.63, 3.8) is 0 Å². The van der Waals surface area contributed by atoms with E-state index in [2.05, 4.69) is 0 Å². The van der Waals surface area contributed by atoms with E-state index in [0.717, 1.165) is 30.8 Å². The molecule has 1 aromatic carbocycles. The second kappa shape index (κ2) is 5.32. The maximum absolute atomic E-state index is 11.9. The Hall–Kier alpha value is -1.35. The molecule has 3 nitrogen and oxygen atoms in total. The molecule has 0 bridgehead atoms. The second-order valence-corrected chi connectivity index (χ2v) is 4.57. The first kappa shape index (κ1) is 12.1. The molecule has 1 atom stereocenters. The molecule has 0 aromatic heterocycles. The maximum Gasteiger partial charge on any atom is 0.313 e. The molecule has 0 saturated carbocycles. The molecule has 0 amide bonds. The van der Waals surface area contributed by atoms with E-state index in [1.807, 2.05) is 31.2 Å². The van der Waals surface area contributed by atoms with Crippen LogP contribution in [0.15, 0.2) is 24.3 Å². The summed E-state index contributed by atoms with van der Waals surface area (Å²) in [5, 5.41) is 0. The lowest BCUT2D eigenvalue weighted by molar-refractivity contribution is -0.144. The van der Waals surface area contributed by atoms with E-state index in [1.165, 1.54) is 7.11 Å². The highest BCUT2D eigenvalue weighted by molar-refractivity contribution is 5.78. The second-order valence-electron chi connectivity index (χ2n) is 4.57. The summed E-state index contributed by atoms with van der Waals surface area (Å²) in [4.78, 5) is 11.9. The van der Waals surface area contributed by atoms with Gasteiger partial charge in [0.05, 0.1) is 26.2 Å². The molecule has 0 spiro atoms. The highest BCUT2D eigenvalue weighted by Crippen LogP contribution is 2.30. The van der Waals surface area contributed by atoms with E-state index in [1.54, 1.807) is 0 Å². The van der Waals surface area contributed by atoms with Crippen LogP contribution in [0, 0.1) is 12.8 Å². The normalized spacial score (nSPS) is 17.3. The highest BCUT2D eigenvalue weighted by atomic mass is 16.5. The number of benzene rings is 1. The number of carbonyl (C=O) groups is 1. The van der Waals surface area contributed by atoms with Gasteiger partial charge in [0.15, 0.2) is 0 Å². The molecule has 3 heteroatoms. The highest BCUT2D eigenvalue weighted by Gasteiger charge is 2.29. The summed E-state index contributed by atoms with van der Waals surface area (Å²) in [6, 6.07) is 7.99. The predicted molar refractivity (Wildman–Crippen MR) is 64.9 cm³/mol. The Morgan fingerprint density at radius 1 is 1.47 bits per heavy atom. The third kappa shape index (κ3) is 2.67. The van der Waals surface area contributed by atoms with Crippen molar-refractivity contribution in [1.82, 2.24) is 0 Å². The summed E-state index contributed by atoms with van der Waals surface area (Å²) >= 11 is 0. The number of rotatable bonds is 4. The lowest BCUT2D eigenvalue weighted by atomic mass is 9.86. The van der Waals surface area contributed by atoms with E-state index in [0.29, 0.717) is 5.92 Å². The predicted octanol–water partition coefficient (Wildman–Crippen LogP) is 2.29. The van der Waals surface area contributed by atoms with Gasteiger partial charge in [-0.25, -0.2) is 0 Å². The van der Waals surface area contributed by atoms with Crippen LogP contribution < -0.4 is 0 Å². The molecule has 1 aliphatic heterocycles. The summed E-state index contributed by atoms with van der Waals surface area (Å²) in [5.74, 6) is 0.181. The largest absolute Gasteiger partial charge is 0.469 e. The van der Waals surface area contributed by atoms with E-state index in [-0.39, 0.29) is 11.9 Å². The van der Waals surface area contributed by atoms with Crippen molar-refractivity contribution >= 4 is 5.97 Å². The Labute approximate surface area is 102 Å². The van der Waals surface area contributed by atoms with E-state index in [4.69, 9.17) is 9.47 Å². The molecule has 0 radical (unpaired) electrons. The van der Waals surface area contributed by atoms with Gasteiger partial charge in [-0.1, -0.05) is 24.3 Å². The topological polar surface area (TPSA) is 35.5 Å². The van der Waals surface area contributed by atoms with Crippen LogP contribution in [0.3, 0.4) is 0 Å². The van der Waals surface area contributed by atoms with Crippen molar-refractivity contribution in [3.8, 4) is 0 Å². The first-order valence-electron chi connectivity index (χ1n) is 5.93. The minimum absolute atomic E-state index is 0.147. The number of methoxy groups -OCH3 is 1. The number of esters is 1. The smallest absolute Gasteiger partial charge is 0.313 e. The van der Waals surface area contributed by atoms with Crippen LogP contribution in [0.25, 0.3) is 0 Å². The van der Waals surface area contributed by atoms with Gasteiger partial charge in [-0.2, -0.15) is 0 Å². The number of carbonyl (C=O) groups excluding carboxylic acids is 1. The lowest BCUT2D eigenvalue weighted by Crippen LogP contribution is -2.31. The van der Waals surface area contributed by atoms with Crippen LogP contribution in [0.2, 0.25) is 0 Å². The minimum atomic E-state index is -0.157. The molecule has 0 aliphatic carbocycles. The molecule has 2 rings (SSSR count). The Bertz CT molecular complexity index is 396. The quantitative estimate of drug-likeness (QED) is 0.750. The fraction of sp³-hybridized carbons (Fsp3) is 0.500. The Morgan fingerprint density at radius 2 is 2.18 bits per heavy atom. The fourth-order valence-corrected chi connectivity index (χ4v) is 2.22. The average Bonchev–Trinajstić information content (AvgIpc) is 2.29. The zero-order valence-electron chi connectivity index (χ0n) is 10.3. The van der Waals surface area contributed by atoms with Crippen LogP contribution in [0.5, 0.6) is 0 Å². The molecule has 17 heavy (non-hydrogen) atoms. The van der Waals surface area contributed by atoms with Gasteiger partial charge < -0.3 is 9.47 Å². The van der Waals surface area contributed by atoms with Gasteiger partial charge in [-0.05, 0) is 24.5 Å².